The first-order valence-corrected chi connectivity index (χ1v) is 7.15. The van der Waals surface area contributed by atoms with Gasteiger partial charge in [0.1, 0.15) is 18.0 Å². The topological polar surface area (TPSA) is 151 Å². The summed E-state index contributed by atoms with van der Waals surface area (Å²) >= 11 is 0. The van der Waals surface area contributed by atoms with Gasteiger partial charge in [-0.3, -0.25) is 14.9 Å². The minimum Gasteiger partial charge on any atom is -0.466 e. The average molecular weight is 365 g/mol. The Kier molecular flexibility index (Phi) is 5.52. The first kappa shape index (κ1) is 18.9. The number of carbonyl (C=O) groups is 3. The number of nitrogens with two attached hydrogens (primary N) is 1. The molecule has 0 spiro atoms. The molecule has 1 aliphatic heterocycles. The molecule has 1 aromatic carbocycles. The summed E-state index contributed by atoms with van der Waals surface area (Å²) in [5.41, 5.74) is 3.82. The summed E-state index contributed by atoms with van der Waals surface area (Å²) in [5.74, 6) is -2.83. The molecule has 1 heterocycles. The van der Waals surface area contributed by atoms with E-state index >= 15 is 0 Å². The molecule has 0 saturated heterocycles. The van der Waals surface area contributed by atoms with Crippen molar-refractivity contribution in [1.29, 1.82) is 0 Å². The molecule has 2 rings (SSSR count). The molecule has 26 heavy (non-hydrogen) atoms. The average Bonchev–Trinajstić information content (AvgIpc) is 2.65. The second-order valence-electron chi connectivity index (χ2n) is 5.01. The van der Waals surface area contributed by atoms with Crippen molar-refractivity contribution in [2.24, 2.45) is 5.73 Å². The van der Waals surface area contributed by atoms with E-state index in [9.17, 15) is 24.5 Å². The predicted octanol–water partition coefficient (Wildman–Crippen LogP) is 0.0879. The molecule has 2 N–H and O–H groups in total. The maximum absolute atomic E-state index is 12.2. The van der Waals surface area contributed by atoms with Crippen molar-refractivity contribution in [3.05, 3.63) is 45.1 Å². The van der Waals surface area contributed by atoms with Crippen LogP contribution in [0, 0.1) is 10.1 Å². The Morgan fingerprint density at radius 2 is 1.88 bits per heavy atom. The molecule has 1 aliphatic rings. The molecule has 1 aromatic rings. The number of anilines is 1. The molecule has 0 saturated carbocycles. The lowest BCUT2D eigenvalue weighted by Crippen LogP contribution is -2.39. The fourth-order valence-electron chi connectivity index (χ4n) is 2.49. The van der Waals surface area contributed by atoms with Crippen LogP contribution >= 0.6 is 0 Å². The number of hydrogen-bond acceptors (Lipinski definition) is 9. The normalized spacial score (nSPS) is 14.0. The molecule has 1 amide bonds. The summed E-state index contributed by atoms with van der Waals surface area (Å²) < 4.78 is 14.6. The van der Waals surface area contributed by atoms with E-state index in [0.29, 0.717) is 0 Å². The van der Waals surface area contributed by atoms with Gasteiger partial charge in [0.2, 0.25) is 0 Å². The number of nitro benzene ring substituents is 1. The van der Waals surface area contributed by atoms with Crippen molar-refractivity contribution in [2.75, 3.05) is 32.5 Å². The minimum atomic E-state index is -1.08. The highest BCUT2D eigenvalue weighted by atomic mass is 16.6. The number of carbonyl (C=O) groups excluding carboxylic acids is 3. The Labute approximate surface area is 147 Å². The van der Waals surface area contributed by atoms with Crippen LogP contribution in [-0.4, -0.2) is 50.3 Å². The zero-order chi connectivity index (χ0) is 19.4. The molecule has 0 fully saturated rings. The maximum Gasteiger partial charge on any atom is 0.355 e. The zero-order valence-corrected chi connectivity index (χ0v) is 13.9. The summed E-state index contributed by atoms with van der Waals surface area (Å²) in [4.78, 5) is 47.6. The monoisotopic (exact) mass is 365 g/mol. The number of methoxy groups -OCH3 is 2. The molecule has 138 valence electrons. The molecular formula is C15H15N3O8. The van der Waals surface area contributed by atoms with E-state index in [1.54, 1.807) is 0 Å². The van der Waals surface area contributed by atoms with Crippen LogP contribution in [0.2, 0.25) is 0 Å². The van der Waals surface area contributed by atoms with E-state index in [1.165, 1.54) is 12.1 Å². The Balaban J connectivity index is 2.75. The molecule has 0 aliphatic carbocycles. The van der Waals surface area contributed by atoms with E-state index in [0.717, 1.165) is 25.2 Å². The van der Waals surface area contributed by atoms with Crippen LogP contribution in [0.3, 0.4) is 0 Å². The van der Waals surface area contributed by atoms with Gasteiger partial charge in [0, 0.05) is 6.07 Å². The summed E-state index contributed by atoms with van der Waals surface area (Å²) in [6, 6.07) is 3.73. The van der Waals surface area contributed by atoms with Crippen LogP contribution in [-0.2, 0) is 23.8 Å². The van der Waals surface area contributed by atoms with Crippen LogP contribution < -0.4 is 10.6 Å². The first-order chi connectivity index (χ1) is 12.3. The number of benzene rings is 1. The number of esters is 2. The van der Waals surface area contributed by atoms with Gasteiger partial charge in [-0.2, -0.15) is 0 Å². The first-order valence-electron chi connectivity index (χ1n) is 7.15. The zero-order valence-electron chi connectivity index (χ0n) is 13.9. The standard InChI is InChI=1S/C15H15N3O8/c1-24-14(20)8-6-26-7-17(12(8)15(21)25-2)9-4-3-5-10(18(22)23)11(9)13(16)19/h3-5H,6-7H2,1-2H3,(H2,16,19). The molecule has 11 nitrogen and oxygen atoms in total. The van der Waals surface area contributed by atoms with Crippen molar-refractivity contribution < 1.29 is 33.5 Å². The maximum atomic E-state index is 12.2. The van der Waals surface area contributed by atoms with E-state index in [-0.39, 0.29) is 30.3 Å². The summed E-state index contributed by atoms with van der Waals surface area (Å²) in [6.45, 7) is -0.513. The van der Waals surface area contributed by atoms with Gasteiger partial charge in [0.15, 0.2) is 0 Å². The number of hydrogen-bond donors (Lipinski definition) is 1. The molecule has 0 radical (unpaired) electrons. The van der Waals surface area contributed by atoms with Gasteiger partial charge in [-0.25, -0.2) is 9.59 Å². The predicted molar refractivity (Wildman–Crippen MR) is 86.0 cm³/mol. The number of amides is 1. The van der Waals surface area contributed by atoms with Crippen molar-refractivity contribution in [2.45, 2.75) is 0 Å². The van der Waals surface area contributed by atoms with Gasteiger partial charge >= 0.3 is 11.9 Å². The quantitative estimate of drug-likeness (QED) is 0.434. The van der Waals surface area contributed by atoms with Crippen molar-refractivity contribution in [3.63, 3.8) is 0 Å². The Hall–Kier alpha value is -3.47. The third kappa shape index (κ3) is 3.32. The Morgan fingerprint density at radius 3 is 2.42 bits per heavy atom. The second-order valence-corrected chi connectivity index (χ2v) is 5.01. The van der Waals surface area contributed by atoms with Crippen LogP contribution in [0.1, 0.15) is 10.4 Å². The van der Waals surface area contributed by atoms with Gasteiger partial charge in [-0.1, -0.05) is 6.07 Å². The molecule has 0 atom stereocenters. The largest absolute Gasteiger partial charge is 0.466 e. The Bertz CT molecular complexity index is 817. The van der Waals surface area contributed by atoms with Crippen LogP contribution in [0.4, 0.5) is 11.4 Å². The summed E-state index contributed by atoms with van der Waals surface area (Å²) in [5, 5.41) is 11.2. The van der Waals surface area contributed by atoms with Crippen LogP contribution in [0.15, 0.2) is 29.5 Å². The molecule has 0 unspecified atom stereocenters. The SMILES string of the molecule is COC(=O)C1=C(C(=O)OC)N(c2cccc([N+](=O)[O-])c2C(N)=O)COC1. The Morgan fingerprint density at radius 1 is 1.23 bits per heavy atom. The van der Waals surface area contributed by atoms with Gasteiger partial charge < -0.3 is 24.8 Å². The number of ether oxygens (including phenoxy) is 3. The molecular weight excluding hydrogens is 350 g/mol. The van der Waals surface area contributed by atoms with Crippen LogP contribution in [0.5, 0.6) is 0 Å². The number of nitro groups is 1. The number of nitrogens with zero attached hydrogens (tertiary/aromatic N) is 2. The number of rotatable bonds is 5. The van der Waals surface area contributed by atoms with E-state index in [1.807, 2.05) is 0 Å². The lowest BCUT2D eigenvalue weighted by molar-refractivity contribution is -0.385. The molecule has 0 bridgehead atoms. The van der Waals surface area contributed by atoms with Crippen molar-refractivity contribution >= 4 is 29.2 Å². The van der Waals surface area contributed by atoms with Crippen molar-refractivity contribution in [1.82, 2.24) is 0 Å². The fraction of sp³-hybridized carbons (Fsp3) is 0.267. The second kappa shape index (κ2) is 7.61. The smallest absolute Gasteiger partial charge is 0.355 e. The van der Waals surface area contributed by atoms with E-state index in [4.69, 9.17) is 15.2 Å². The fourth-order valence-corrected chi connectivity index (χ4v) is 2.49. The van der Waals surface area contributed by atoms with Gasteiger partial charge in [0.25, 0.3) is 11.6 Å². The summed E-state index contributed by atoms with van der Waals surface area (Å²) in [6.07, 6.45) is 0. The van der Waals surface area contributed by atoms with Gasteiger partial charge in [-0.05, 0) is 6.07 Å². The molecule has 11 heteroatoms. The lowest BCUT2D eigenvalue weighted by Gasteiger charge is -2.32. The van der Waals surface area contributed by atoms with Crippen LogP contribution in [0.25, 0.3) is 0 Å². The van der Waals surface area contributed by atoms with Gasteiger partial charge in [0.05, 0.1) is 37.0 Å². The highest BCUT2D eigenvalue weighted by Crippen LogP contribution is 2.33. The van der Waals surface area contributed by atoms with Crippen molar-refractivity contribution in [3.8, 4) is 0 Å². The van der Waals surface area contributed by atoms with E-state index < -0.39 is 34.0 Å². The minimum absolute atomic E-state index is 0.0757. The highest BCUT2D eigenvalue weighted by molar-refractivity contribution is 6.07. The third-order valence-corrected chi connectivity index (χ3v) is 3.59. The van der Waals surface area contributed by atoms with E-state index in [2.05, 4.69) is 4.74 Å². The summed E-state index contributed by atoms with van der Waals surface area (Å²) in [7, 11) is 2.21. The lowest BCUT2D eigenvalue weighted by atomic mass is 10.1. The third-order valence-electron chi connectivity index (χ3n) is 3.59. The van der Waals surface area contributed by atoms with Gasteiger partial charge in [-0.15, -0.1) is 0 Å². The molecule has 0 aromatic heterocycles. The number of primary amides is 1. The highest BCUT2D eigenvalue weighted by Gasteiger charge is 2.35.